The summed E-state index contributed by atoms with van der Waals surface area (Å²) in [6, 6.07) is 0. The minimum atomic E-state index is 0.674. The van der Waals surface area contributed by atoms with E-state index < -0.39 is 0 Å². The van der Waals surface area contributed by atoms with Crippen molar-refractivity contribution in [2.45, 2.75) is 19.3 Å². The van der Waals surface area contributed by atoms with E-state index >= 15 is 0 Å². The lowest BCUT2D eigenvalue weighted by Crippen LogP contribution is -1.83. The predicted molar refractivity (Wildman–Crippen MR) is 32.9 cm³/mol. The largest absolute Gasteiger partial charge is 0.263 e. The Morgan fingerprint density at radius 1 is 1.78 bits per heavy atom. The van der Waals surface area contributed by atoms with Gasteiger partial charge in [0, 0.05) is 5.92 Å². The van der Waals surface area contributed by atoms with E-state index in [0.717, 1.165) is 11.7 Å². The van der Waals surface area contributed by atoms with Gasteiger partial charge in [-0.2, -0.15) is 5.10 Å². The van der Waals surface area contributed by atoms with Gasteiger partial charge in [-0.05, 0) is 12.3 Å². The van der Waals surface area contributed by atoms with Crippen LogP contribution in [0.4, 0.5) is 0 Å². The molecule has 1 saturated carbocycles. The molecule has 1 aliphatic carbocycles. The van der Waals surface area contributed by atoms with Crippen molar-refractivity contribution in [2.75, 3.05) is 0 Å². The molecule has 1 heterocycles. The topological polar surface area (TPSA) is 41.6 Å². The van der Waals surface area contributed by atoms with Crippen LogP contribution in [0.25, 0.3) is 0 Å². The van der Waals surface area contributed by atoms with Crippen LogP contribution in [0.1, 0.15) is 25.1 Å². The summed E-state index contributed by atoms with van der Waals surface area (Å²) >= 11 is 0. The number of nitrogens with zero attached hydrogens (tertiary/aromatic N) is 2. The molecule has 3 nitrogen and oxygen atoms in total. The van der Waals surface area contributed by atoms with Crippen LogP contribution in [0, 0.1) is 5.92 Å². The van der Waals surface area contributed by atoms with Gasteiger partial charge in [0.05, 0.1) is 0 Å². The molecule has 1 aromatic heterocycles. The Balaban J connectivity index is 2.18. The third-order valence-corrected chi connectivity index (χ3v) is 1.89. The molecule has 2 atom stereocenters. The number of nitrogens with one attached hydrogen (secondary N) is 1. The normalized spacial score (nSPS) is 32.6. The molecular weight excluding hydrogens is 114 g/mol. The van der Waals surface area contributed by atoms with Crippen LogP contribution >= 0.6 is 0 Å². The fraction of sp³-hybridized carbons (Fsp3) is 0.667. The van der Waals surface area contributed by atoms with Crippen LogP contribution in [-0.2, 0) is 0 Å². The van der Waals surface area contributed by atoms with Gasteiger partial charge in [0.15, 0.2) is 0 Å². The van der Waals surface area contributed by atoms with Gasteiger partial charge < -0.3 is 0 Å². The maximum atomic E-state index is 4.06. The van der Waals surface area contributed by atoms with Gasteiger partial charge >= 0.3 is 0 Å². The summed E-state index contributed by atoms with van der Waals surface area (Å²) in [5, 5.41) is 6.65. The zero-order valence-electron chi connectivity index (χ0n) is 5.33. The van der Waals surface area contributed by atoms with Gasteiger partial charge in [-0.25, -0.2) is 4.98 Å². The summed E-state index contributed by atoms with van der Waals surface area (Å²) in [5.41, 5.74) is 0. The number of hydrogen-bond donors (Lipinski definition) is 1. The highest BCUT2D eigenvalue weighted by Gasteiger charge is 2.36. The zero-order valence-corrected chi connectivity index (χ0v) is 5.33. The standard InChI is InChI=1S/C6H9N3/c1-4-2-5(4)6-7-3-8-9-6/h3-5H,2H2,1H3,(H,7,8,9)/t4-,5+/m0/s1. The highest BCUT2D eigenvalue weighted by Crippen LogP contribution is 2.44. The molecule has 1 N–H and O–H groups in total. The van der Waals surface area contributed by atoms with Crippen LogP contribution in [0.15, 0.2) is 6.33 Å². The fourth-order valence-electron chi connectivity index (χ4n) is 1.10. The number of aromatic nitrogens is 3. The second kappa shape index (κ2) is 1.56. The van der Waals surface area contributed by atoms with Crippen molar-refractivity contribution >= 4 is 0 Å². The summed E-state index contributed by atoms with van der Waals surface area (Å²) in [4.78, 5) is 4.06. The van der Waals surface area contributed by atoms with Crippen molar-refractivity contribution < 1.29 is 0 Å². The van der Waals surface area contributed by atoms with Gasteiger partial charge in [-0.3, -0.25) is 5.10 Å². The lowest BCUT2D eigenvalue weighted by atomic mass is 10.3. The molecule has 0 unspecified atom stereocenters. The maximum absolute atomic E-state index is 4.06. The maximum Gasteiger partial charge on any atom is 0.137 e. The van der Waals surface area contributed by atoms with E-state index in [2.05, 4.69) is 22.1 Å². The molecule has 0 aliphatic heterocycles. The Bertz CT molecular complexity index is 192. The van der Waals surface area contributed by atoms with Gasteiger partial charge in [-0.15, -0.1) is 0 Å². The first-order valence-electron chi connectivity index (χ1n) is 3.23. The highest BCUT2D eigenvalue weighted by atomic mass is 15.2. The second-order valence-corrected chi connectivity index (χ2v) is 2.69. The van der Waals surface area contributed by atoms with Crippen LogP contribution < -0.4 is 0 Å². The van der Waals surface area contributed by atoms with Crippen molar-refractivity contribution in [2.24, 2.45) is 5.92 Å². The van der Waals surface area contributed by atoms with Crippen molar-refractivity contribution in [1.82, 2.24) is 15.2 Å². The van der Waals surface area contributed by atoms with E-state index in [0.29, 0.717) is 5.92 Å². The summed E-state index contributed by atoms with van der Waals surface area (Å²) in [6.07, 6.45) is 2.84. The zero-order chi connectivity index (χ0) is 6.27. The molecular formula is C6H9N3. The van der Waals surface area contributed by atoms with E-state index in [9.17, 15) is 0 Å². The Kier molecular flexibility index (Phi) is 0.860. The third-order valence-electron chi connectivity index (χ3n) is 1.89. The Morgan fingerprint density at radius 3 is 3.00 bits per heavy atom. The first kappa shape index (κ1) is 4.97. The van der Waals surface area contributed by atoms with E-state index in [1.54, 1.807) is 6.33 Å². The molecule has 0 aromatic carbocycles. The number of rotatable bonds is 1. The van der Waals surface area contributed by atoms with E-state index in [-0.39, 0.29) is 0 Å². The molecule has 1 fully saturated rings. The Morgan fingerprint density at radius 2 is 2.56 bits per heavy atom. The summed E-state index contributed by atoms with van der Waals surface area (Å²) in [7, 11) is 0. The van der Waals surface area contributed by atoms with Crippen LogP contribution in [0.5, 0.6) is 0 Å². The van der Waals surface area contributed by atoms with Crippen molar-refractivity contribution in [1.29, 1.82) is 0 Å². The molecule has 0 saturated heterocycles. The average molecular weight is 123 g/mol. The smallest absolute Gasteiger partial charge is 0.137 e. The van der Waals surface area contributed by atoms with Crippen LogP contribution in [0.2, 0.25) is 0 Å². The number of H-pyrrole nitrogens is 1. The minimum Gasteiger partial charge on any atom is -0.263 e. The van der Waals surface area contributed by atoms with Crippen LogP contribution in [0.3, 0.4) is 0 Å². The van der Waals surface area contributed by atoms with Gasteiger partial charge in [0.1, 0.15) is 12.2 Å². The Hall–Kier alpha value is -0.860. The SMILES string of the molecule is C[C@H]1C[C@H]1c1ncn[nH]1. The van der Waals surface area contributed by atoms with Crippen molar-refractivity contribution in [3.8, 4) is 0 Å². The lowest BCUT2D eigenvalue weighted by molar-refractivity contribution is 0.848. The monoisotopic (exact) mass is 123 g/mol. The van der Waals surface area contributed by atoms with Gasteiger partial charge in [0.2, 0.25) is 0 Å². The third kappa shape index (κ3) is 0.724. The fourth-order valence-corrected chi connectivity index (χ4v) is 1.10. The molecule has 0 radical (unpaired) electrons. The number of hydrogen-bond acceptors (Lipinski definition) is 2. The molecule has 0 amide bonds. The molecule has 48 valence electrons. The molecule has 9 heavy (non-hydrogen) atoms. The van der Waals surface area contributed by atoms with Crippen molar-refractivity contribution in [3.05, 3.63) is 12.2 Å². The first-order chi connectivity index (χ1) is 4.38. The molecule has 2 rings (SSSR count). The lowest BCUT2D eigenvalue weighted by Gasteiger charge is -1.84. The van der Waals surface area contributed by atoms with E-state index in [4.69, 9.17) is 0 Å². The predicted octanol–water partition coefficient (Wildman–Crippen LogP) is 0.928. The van der Waals surface area contributed by atoms with Gasteiger partial charge in [-0.1, -0.05) is 6.92 Å². The molecule has 3 heteroatoms. The van der Waals surface area contributed by atoms with E-state index in [1.165, 1.54) is 6.42 Å². The van der Waals surface area contributed by atoms with Crippen molar-refractivity contribution in [3.63, 3.8) is 0 Å². The summed E-state index contributed by atoms with van der Waals surface area (Å²) in [6.45, 7) is 2.23. The molecule has 1 aromatic rings. The second-order valence-electron chi connectivity index (χ2n) is 2.69. The molecule has 0 spiro atoms. The first-order valence-corrected chi connectivity index (χ1v) is 3.23. The highest BCUT2D eigenvalue weighted by molar-refractivity contribution is 5.06. The summed E-state index contributed by atoms with van der Waals surface area (Å²) < 4.78 is 0. The van der Waals surface area contributed by atoms with Crippen LogP contribution in [-0.4, -0.2) is 15.2 Å². The minimum absolute atomic E-state index is 0.674. The summed E-state index contributed by atoms with van der Waals surface area (Å²) in [5.74, 6) is 2.55. The molecule has 0 bridgehead atoms. The Labute approximate surface area is 53.5 Å². The molecule has 1 aliphatic rings. The average Bonchev–Trinajstić information content (AvgIpc) is 2.44. The quantitative estimate of drug-likeness (QED) is 0.603. The van der Waals surface area contributed by atoms with E-state index in [1.807, 2.05) is 0 Å². The van der Waals surface area contributed by atoms with Gasteiger partial charge in [0.25, 0.3) is 0 Å². The number of aromatic amines is 1.